The van der Waals surface area contributed by atoms with Crippen LogP contribution in [0, 0.1) is 17.7 Å². The third-order valence-corrected chi connectivity index (χ3v) is 3.97. The van der Waals surface area contributed by atoms with Gasteiger partial charge in [0, 0.05) is 43.1 Å². The van der Waals surface area contributed by atoms with Crippen LogP contribution in [0.15, 0.2) is 18.2 Å². The number of thioether (sulfide) groups is 1. The van der Waals surface area contributed by atoms with E-state index < -0.39 is 0 Å². The van der Waals surface area contributed by atoms with Gasteiger partial charge >= 0.3 is 0 Å². The zero-order chi connectivity index (χ0) is 13.5. The number of halogens is 1. The highest BCUT2D eigenvalue weighted by molar-refractivity contribution is 7.99. The van der Waals surface area contributed by atoms with E-state index in [2.05, 4.69) is 16.7 Å². The van der Waals surface area contributed by atoms with Gasteiger partial charge in [-0.05, 0) is 17.7 Å². The molecule has 0 bridgehead atoms. The maximum Gasteiger partial charge on any atom is 0.124 e. The first-order valence-electron chi connectivity index (χ1n) is 6.48. The Hall–Kier alpha value is -1.02. The van der Waals surface area contributed by atoms with E-state index in [-0.39, 0.29) is 12.4 Å². The van der Waals surface area contributed by atoms with Crippen molar-refractivity contribution in [3.63, 3.8) is 0 Å². The lowest BCUT2D eigenvalue weighted by Crippen LogP contribution is -2.32. The van der Waals surface area contributed by atoms with Crippen LogP contribution in [0.3, 0.4) is 0 Å². The number of benzene rings is 1. The molecule has 1 N–H and O–H groups in total. The number of aliphatic hydroxyl groups excluding tert-OH is 1. The second kappa shape index (κ2) is 7.54. The SMILES string of the molecule is OCCC#Cc1cc(F)ccc1CN1CCSCC1. The lowest BCUT2D eigenvalue weighted by Gasteiger charge is -2.26. The molecule has 0 aromatic heterocycles. The molecule has 0 saturated carbocycles. The molecule has 1 aromatic rings. The monoisotopic (exact) mass is 279 g/mol. The summed E-state index contributed by atoms with van der Waals surface area (Å²) in [7, 11) is 0. The number of hydrogen-bond donors (Lipinski definition) is 1. The molecule has 1 heterocycles. The lowest BCUT2D eigenvalue weighted by molar-refractivity contribution is 0.294. The van der Waals surface area contributed by atoms with Crippen molar-refractivity contribution in [3.8, 4) is 11.8 Å². The summed E-state index contributed by atoms with van der Waals surface area (Å²) in [6, 6.07) is 4.80. The smallest absolute Gasteiger partial charge is 0.124 e. The van der Waals surface area contributed by atoms with Gasteiger partial charge in [-0.25, -0.2) is 4.39 Å². The highest BCUT2D eigenvalue weighted by Gasteiger charge is 2.12. The minimum Gasteiger partial charge on any atom is -0.395 e. The Kier molecular flexibility index (Phi) is 5.71. The Labute approximate surface area is 118 Å². The molecule has 1 saturated heterocycles. The highest BCUT2D eigenvalue weighted by atomic mass is 32.2. The second-order valence-electron chi connectivity index (χ2n) is 4.47. The fourth-order valence-electron chi connectivity index (χ4n) is 2.02. The summed E-state index contributed by atoms with van der Waals surface area (Å²) in [6.07, 6.45) is 0.427. The molecule has 0 spiro atoms. The van der Waals surface area contributed by atoms with E-state index in [9.17, 15) is 4.39 Å². The van der Waals surface area contributed by atoms with Crippen molar-refractivity contribution < 1.29 is 9.50 Å². The van der Waals surface area contributed by atoms with Crippen molar-refractivity contribution in [2.45, 2.75) is 13.0 Å². The van der Waals surface area contributed by atoms with Crippen molar-refractivity contribution >= 4 is 11.8 Å². The van der Waals surface area contributed by atoms with Gasteiger partial charge in [-0.15, -0.1) is 0 Å². The van der Waals surface area contributed by atoms with Crippen LogP contribution in [0.2, 0.25) is 0 Å². The van der Waals surface area contributed by atoms with Crippen LogP contribution in [-0.4, -0.2) is 41.2 Å². The Morgan fingerprint density at radius 3 is 2.84 bits per heavy atom. The summed E-state index contributed by atoms with van der Waals surface area (Å²) in [4.78, 5) is 2.38. The minimum atomic E-state index is -0.258. The van der Waals surface area contributed by atoms with Crippen molar-refractivity contribution in [3.05, 3.63) is 35.1 Å². The molecule has 1 fully saturated rings. The van der Waals surface area contributed by atoms with E-state index in [4.69, 9.17) is 5.11 Å². The molecular formula is C15H18FNOS. The number of rotatable bonds is 3. The van der Waals surface area contributed by atoms with Gasteiger partial charge in [0.15, 0.2) is 0 Å². The van der Waals surface area contributed by atoms with Gasteiger partial charge in [-0.2, -0.15) is 11.8 Å². The van der Waals surface area contributed by atoms with E-state index in [1.807, 2.05) is 17.8 Å². The Bertz CT molecular complexity index is 475. The van der Waals surface area contributed by atoms with Crippen LogP contribution >= 0.6 is 11.8 Å². The maximum absolute atomic E-state index is 13.3. The zero-order valence-corrected chi connectivity index (χ0v) is 11.7. The third-order valence-electron chi connectivity index (χ3n) is 3.03. The van der Waals surface area contributed by atoms with E-state index in [0.29, 0.717) is 6.42 Å². The van der Waals surface area contributed by atoms with Gasteiger partial charge in [0.25, 0.3) is 0 Å². The summed E-state index contributed by atoms with van der Waals surface area (Å²) in [5.41, 5.74) is 1.81. The lowest BCUT2D eigenvalue weighted by atomic mass is 10.1. The first-order valence-corrected chi connectivity index (χ1v) is 7.63. The Morgan fingerprint density at radius 2 is 2.11 bits per heavy atom. The van der Waals surface area contributed by atoms with Gasteiger partial charge in [0.2, 0.25) is 0 Å². The van der Waals surface area contributed by atoms with Crippen LogP contribution in [0.25, 0.3) is 0 Å². The maximum atomic E-state index is 13.3. The average molecular weight is 279 g/mol. The molecule has 4 heteroatoms. The second-order valence-corrected chi connectivity index (χ2v) is 5.69. The average Bonchev–Trinajstić information content (AvgIpc) is 2.43. The van der Waals surface area contributed by atoms with E-state index in [0.717, 1.165) is 42.3 Å². The largest absolute Gasteiger partial charge is 0.395 e. The molecule has 0 aliphatic carbocycles. The highest BCUT2D eigenvalue weighted by Crippen LogP contribution is 2.16. The van der Waals surface area contributed by atoms with Crippen molar-refractivity contribution in [1.29, 1.82) is 0 Å². The zero-order valence-electron chi connectivity index (χ0n) is 10.9. The summed E-state index contributed by atoms with van der Waals surface area (Å²) in [6.45, 7) is 3.02. The van der Waals surface area contributed by atoms with Gasteiger partial charge in [-0.3, -0.25) is 4.90 Å². The molecule has 1 aliphatic rings. The summed E-state index contributed by atoms with van der Waals surface area (Å²) >= 11 is 1.98. The quantitative estimate of drug-likeness (QED) is 0.857. The van der Waals surface area contributed by atoms with Crippen LogP contribution < -0.4 is 0 Å². The fourth-order valence-corrected chi connectivity index (χ4v) is 3.00. The van der Waals surface area contributed by atoms with Gasteiger partial charge in [0.05, 0.1) is 6.61 Å². The van der Waals surface area contributed by atoms with Crippen LogP contribution in [0.1, 0.15) is 17.5 Å². The molecule has 0 atom stereocenters. The first-order chi connectivity index (χ1) is 9.29. The number of hydrogen-bond acceptors (Lipinski definition) is 3. The Balaban J connectivity index is 2.12. The Morgan fingerprint density at radius 1 is 1.32 bits per heavy atom. The standard InChI is InChI=1S/C15H18FNOS/c16-15-5-4-14(12-17-6-9-19-10-7-17)13(11-15)3-1-2-8-18/h4-5,11,18H,2,6-10,12H2. The van der Waals surface area contributed by atoms with Gasteiger partial charge in [0.1, 0.15) is 5.82 Å². The topological polar surface area (TPSA) is 23.5 Å². The van der Waals surface area contributed by atoms with Crippen LogP contribution in [-0.2, 0) is 6.54 Å². The first kappa shape index (κ1) is 14.4. The molecule has 102 valence electrons. The van der Waals surface area contributed by atoms with Crippen molar-refractivity contribution in [2.24, 2.45) is 0 Å². The fraction of sp³-hybridized carbons (Fsp3) is 0.467. The molecular weight excluding hydrogens is 261 g/mol. The number of aliphatic hydroxyl groups is 1. The normalized spacial score (nSPS) is 15.9. The molecule has 19 heavy (non-hydrogen) atoms. The number of nitrogens with zero attached hydrogens (tertiary/aromatic N) is 1. The van der Waals surface area contributed by atoms with Gasteiger partial charge in [-0.1, -0.05) is 17.9 Å². The molecule has 0 amide bonds. The molecule has 0 unspecified atom stereocenters. The molecule has 0 radical (unpaired) electrons. The van der Waals surface area contributed by atoms with E-state index in [1.54, 1.807) is 0 Å². The molecule has 2 nitrogen and oxygen atoms in total. The minimum absolute atomic E-state index is 0.0427. The predicted molar refractivity (Wildman–Crippen MR) is 77.6 cm³/mol. The van der Waals surface area contributed by atoms with Crippen LogP contribution in [0.5, 0.6) is 0 Å². The van der Waals surface area contributed by atoms with E-state index >= 15 is 0 Å². The molecule has 1 aromatic carbocycles. The molecule has 1 aliphatic heterocycles. The van der Waals surface area contributed by atoms with Gasteiger partial charge < -0.3 is 5.11 Å². The predicted octanol–water partition coefficient (Wildman–Crippen LogP) is 2.11. The third kappa shape index (κ3) is 4.54. The van der Waals surface area contributed by atoms with Crippen LogP contribution in [0.4, 0.5) is 4.39 Å². The molecule has 2 rings (SSSR count). The summed E-state index contributed by atoms with van der Waals surface area (Å²) in [5, 5.41) is 8.74. The van der Waals surface area contributed by atoms with Crippen molar-refractivity contribution in [2.75, 3.05) is 31.2 Å². The van der Waals surface area contributed by atoms with E-state index in [1.165, 1.54) is 12.1 Å². The van der Waals surface area contributed by atoms with Crippen molar-refractivity contribution in [1.82, 2.24) is 4.90 Å². The summed E-state index contributed by atoms with van der Waals surface area (Å²) in [5.74, 6) is 7.89. The summed E-state index contributed by atoms with van der Waals surface area (Å²) < 4.78 is 13.3.